The monoisotopic (exact) mass is 202 g/mol. The summed E-state index contributed by atoms with van der Waals surface area (Å²) in [6.07, 6.45) is 0.0150. The quantitative estimate of drug-likeness (QED) is 0.554. The predicted molar refractivity (Wildman–Crippen MR) is 47.5 cm³/mol. The molecule has 6 nitrogen and oxygen atoms in total. The highest BCUT2D eigenvalue weighted by molar-refractivity contribution is 7.81. The van der Waals surface area contributed by atoms with Crippen LogP contribution in [-0.4, -0.2) is 24.0 Å². The van der Waals surface area contributed by atoms with Gasteiger partial charge in [-0.3, -0.25) is 4.79 Å². The van der Waals surface area contributed by atoms with Crippen LogP contribution in [0.3, 0.4) is 0 Å². The molecule has 72 valence electrons. The van der Waals surface area contributed by atoms with E-state index in [4.69, 9.17) is 0 Å². The van der Waals surface area contributed by atoms with E-state index in [0.717, 1.165) is 0 Å². The molecule has 0 aromatic carbocycles. The van der Waals surface area contributed by atoms with Gasteiger partial charge in [-0.15, -0.1) is 10.2 Å². The Labute approximate surface area is 80.9 Å². The third-order valence-electron chi connectivity index (χ3n) is 1.78. The lowest BCUT2D eigenvalue weighted by molar-refractivity contribution is -0.141. The smallest absolute Gasteiger partial charge is 0.310 e. The number of carbonyl (C=O) groups excluding carboxylic acids is 1. The van der Waals surface area contributed by atoms with Crippen LogP contribution in [0.5, 0.6) is 0 Å². The molecule has 0 bridgehead atoms. The van der Waals surface area contributed by atoms with E-state index < -0.39 is 11.6 Å². The van der Waals surface area contributed by atoms with Crippen molar-refractivity contribution in [2.75, 3.05) is 7.11 Å². The summed E-state index contributed by atoms with van der Waals surface area (Å²) in [4.78, 5) is 11.0. The Morgan fingerprint density at radius 1 is 1.54 bits per heavy atom. The summed E-state index contributed by atoms with van der Waals surface area (Å²) in [5.41, 5.74) is -0.976. The molecule has 0 aliphatic carbocycles. The lowest BCUT2D eigenvalue weighted by Crippen LogP contribution is -2.34. The summed E-state index contributed by atoms with van der Waals surface area (Å²) in [5.74, 6) is -0.402. The lowest BCUT2D eigenvalue weighted by Gasteiger charge is -2.21. The number of carbonyl (C=O) groups is 1. The van der Waals surface area contributed by atoms with Crippen molar-refractivity contribution in [2.24, 2.45) is 20.7 Å². The highest BCUT2D eigenvalue weighted by Gasteiger charge is 2.40. The Morgan fingerprint density at radius 3 is 2.46 bits per heavy atom. The molecule has 0 aromatic rings. The molecule has 0 aromatic heterocycles. The van der Waals surface area contributed by atoms with E-state index in [1.54, 1.807) is 6.92 Å². The fourth-order valence-corrected chi connectivity index (χ4v) is 1.08. The first-order valence-electron chi connectivity index (χ1n) is 3.70. The molecule has 1 unspecified atom stereocenters. The number of nitrogens with zero attached hydrogens (tertiary/aromatic N) is 4. The van der Waals surface area contributed by atoms with Gasteiger partial charge in [-0.2, -0.15) is 12.6 Å². The van der Waals surface area contributed by atoms with Crippen molar-refractivity contribution in [2.45, 2.75) is 24.3 Å². The highest BCUT2D eigenvalue weighted by Crippen LogP contribution is 2.31. The number of rotatable bonds is 3. The summed E-state index contributed by atoms with van der Waals surface area (Å²) in [7, 11) is 1.31. The molecule has 0 saturated carbocycles. The van der Waals surface area contributed by atoms with Crippen LogP contribution in [0.1, 0.15) is 13.3 Å². The van der Waals surface area contributed by atoms with Gasteiger partial charge in [0.15, 0.2) is 0 Å². The number of ether oxygens (including phenoxy) is 1. The van der Waals surface area contributed by atoms with E-state index in [0.29, 0.717) is 0 Å². The molecule has 1 atom stereocenters. The van der Waals surface area contributed by atoms with Gasteiger partial charge in [-0.05, 0) is 17.4 Å². The second kappa shape index (κ2) is 3.82. The molecule has 0 fully saturated rings. The Morgan fingerprint density at radius 2 is 2.08 bits per heavy atom. The van der Waals surface area contributed by atoms with Crippen molar-refractivity contribution in [1.29, 1.82) is 0 Å². The van der Waals surface area contributed by atoms with E-state index in [9.17, 15) is 4.79 Å². The SMILES string of the molecule is COC(=O)CC1(C(C)S)N=NN=N1. The fourth-order valence-electron chi connectivity index (χ4n) is 0.885. The van der Waals surface area contributed by atoms with Gasteiger partial charge >= 0.3 is 5.97 Å². The molecule has 0 saturated heterocycles. The molecule has 0 spiro atoms. The first kappa shape index (κ1) is 10.1. The summed E-state index contributed by atoms with van der Waals surface area (Å²) in [5, 5.41) is 14.0. The molecule has 13 heavy (non-hydrogen) atoms. The van der Waals surface area contributed by atoms with Crippen LogP contribution < -0.4 is 0 Å². The number of esters is 1. The Kier molecular flexibility index (Phi) is 2.97. The number of thiol groups is 1. The Hall–Kier alpha value is -0.980. The zero-order valence-corrected chi connectivity index (χ0v) is 8.23. The van der Waals surface area contributed by atoms with E-state index in [2.05, 4.69) is 38.0 Å². The van der Waals surface area contributed by atoms with Gasteiger partial charge in [0.1, 0.15) is 0 Å². The van der Waals surface area contributed by atoms with Crippen molar-refractivity contribution >= 4 is 18.6 Å². The molecule has 7 heteroatoms. The van der Waals surface area contributed by atoms with E-state index in [-0.39, 0.29) is 11.7 Å². The van der Waals surface area contributed by atoms with Crippen molar-refractivity contribution in [3.63, 3.8) is 0 Å². The van der Waals surface area contributed by atoms with Crippen LogP contribution in [0.4, 0.5) is 0 Å². The van der Waals surface area contributed by atoms with Gasteiger partial charge in [0.05, 0.1) is 13.5 Å². The minimum Gasteiger partial charge on any atom is -0.469 e. The number of methoxy groups -OCH3 is 1. The molecule has 1 aliphatic heterocycles. The summed E-state index contributed by atoms with van der Waals surface area (Å²) < 4.78 is 4.51. The van der Waals surface area contributed by atoms with Crippen LogP contribution in [0, 0.1) is 0 Å². The third kappa shape index (κ3) is 2.03. The average Bonchev–Trinajstić information content (AvgIpc) is 2.54. The van der Waals surface area contributed by atoms with E-state index >= 15 is 0 Å². The van der Waals surface area contributed by atoms with Gasteiger partial charge < -0.3 is 4.74 Å². The van der Waals surface area contributed by atoms with Gasteiger partial charge in [-0.25, -0.2) is 0 Å². The molecule has 0 radical (unpaired) electrons. The van der Waals surface area contributed by atoms with Crippen LogP contribution in [0.25, 0.3) is 0 Å². The fraction of sp³-hybridized carbons (Fsp3) is 0.833. The van der Waals surface area contributed by atoms with Crippen molar-refractivity contribution < 1.29 is 9.53 Å². The summed E-state index contributed by atoms with van der Waals surface area (Å²) >= 11 is 4.18. The molecule has 1 aliphatic rings. The second-order valence-corrected chi connectivity index (χ2v) is 3.46. The Bertz CT molecular complexity index is 251. The van der Waals surface area contributed by atoms with Crippen molar-refractivity contribution in [3.8, 4) is 0 Å². The van der Waals surface area contributed by atoms with E-state index in [1.165, 1.54) is 7.11 Å². The summed E-state index contributed by atoms with van der Waals surface area (Å²) in [6.45, 7) is 1.77. The molecule has 1 heterocycles. The first-order chi connectivity index (χ1) is 6.10. The van der Waals surface area contributed by atoms with Crippen molar-refractivity contribution in [1.82, 2.24) is 0 Å². The topological polar surface area (TPSA) is 75.7 Å². The zero-order chi connectivity index (χ0) is 9.90. The van der Waals surface area contributed by atoms with Crippen molar-refractivity contribution in [3.05, 3.63) is 0 Å². The minimum absolute atomic E-state index is 0.0150. The maximum Gasteiger partial charge on any atom is 0.310 e. The normalized spacial score (nSPS) is 20.2. The molecular formula is C6H10N4O2S. The van der Waals surface area contributed by atoms with Gasteiger partial charge in [0.2, 0.25) is 5.66 Å². The van der Waals surface area contributed by atoms with E-state index in [1.807, 2.05) is 0 Å². The first-order valence-corrected chi connectivity index (χ1v) is 4.21. The lowest BCUT2D eigenvalue weighted by atomic mass is 10.1. The second-order valence-electron chi connectivity index (χ2n) is 2.69. The zero-order valence-electron chi connectivity index (χ0n) is 7.34. The third-order valence-corrected chi connectivity index (χ3v) is 2.19. The van der Waals surface area contributed by atoms with Gasteiger partial charge in [-0.1, -0.05) is 0 Å². The Balaban J connectivity index is 2.75. The molecular weight excluding hydrogens is 192 g/mol. The molecule has 1 rings (SSSR count). The standard InChI is InChI=1S/C6H10N4O2S/c1-4(13)6(3-5(11)12-2)7-9-10-8-6/h4,13H,3H2,1-2H3. The number of hydrogen-bond donors (Lipinski definition) is 1. The maximum atomic E-state index is 11.0. The predicted octanol–water partition coefficient (Wildman–Crippen LogP) is 1.40. The molecule has 0 N–H and O–H groups in total. The number of hydrogen-bond acceptors (Lipinski definition) is 7. The maximum absolute atomic E-state index is 11.0. The van der Waals surface area contributed by atoms with Crippen LogP contribution in [0.15, 0.2) is 20.7 Å². The summed E-state index contributed by atoms with van der Waals surface area (Å²) in [6, 6.07) is 0. The minimum atomic E-state index is -0.976. The average molecular weight is 202 g/mol. The van der Waals surface area contributed by atoms with Crippen LogP contribution in [0.2, 0.25) is 0 Å². The van der Waals surface area contributed by atoms with Gasteiger partial charge in [0.25, 0.3) is 0 Å². The van der Waals surface area contributed by atoms with Gasteiger partial charge in [0, 0.05) is 5.25 Å². The highest BCUT2D eigenvalue weighted by atomic mass is 32.1. The van der Waals surface area contributed by atoms with Crippen LogP contribution in [-0.2, 0) is 9.53 Å². The molecule has 0 amide bonds. The largest absolute Gasteiger partial charge is 0.469 e. The van der Waals surface area contributed by atoms with Crippen LogP contribution >= 0.6 is 12.6 Å².